The summed E-state index contributed by atoms with van der Waals surface area (Å²) in [5, 5.41) is 0. The highest BCUT2D eigenvalue weighted by Gasteiger charge is 2.20. The summed E-state index contributed by atoms with van der Waals surface area (Å²) >= 11 is 0. The molecule has 1 fully saturated rings. The van der Waals surface area contributed by atoms with E-state index >= 15 is 0 Å². The predicted molar refractivity (Wildman–Crippen MR) is 67.6 cm³/mol. The van der Waals surface area contributed by atoms with Gasteiger partial charge in [-0.15, -0.1) is 0 Å². The van der Waals surface area contributed by atoms with E-state index in [0.717, 1.165) is 45.3 Å². The van der Waals surface area contributed by atoms with Crippen molar-refractivity contribution in [3.8, 4) is 0 Å². The molecule has 0 bridgehead atoms. The molecule has 1 aliphatic heterocycles. The lowest BCUT2D eigenvalue weighted by Crippen LogP contribution is -2.39. The maximum absolute atomic E-state index is 11.9. The van der Waals surface area contributed by atoms with E-state index in [9.17, 15) is 9.59 Å². The van der Waals surface area contributed by atoms with Crippen molar-refractivity contribution in [2.45, 2.75) is 45.4 Å². The van der Waals surface area contributed by atoms with E-state index in [-0.39, 0.29) is 18.2 Å². The van der Waals surface area contributed by atoms with Gasteiger partial charge in [-0.05, 0) is 25.7 Å². The molecular weight excluding hydrogens is 216 g/mol. The van der Waals surface area contributed by atoms with Gasteiger partial charge in [-0.1, -0.05) is 13.3 Å². The number of rotatable bonds is 5. The summed E-state index contributed by atoms with van der Waals surface area (Å²) in [6.07, 6.45) is 5.46. The van der Waals surface area contributed by atoms with Crippen molar-refractivity contribution < 1.29 is 9.59 Å². The van der Waals surface area contributed by atoms with Crippen LogP contribution in [0.15, 0.2) is 0 Å². The maximum Gasteiger partial charge on any atom is 0.232 e. The molecule has 2 amide bonds. The number of hydrogen-bond donors (Lipinski definition) is 0. The molecule has 98 valence electrons. The first-order valence-electron chi connectivity index (χ1n) is 6.67. The number of carbonyl (C=O) groups is 2. The van der Waals surface area contributed by atoms with Gasteiger partial charge >= 0.3 is 0 Å². The zero-order valence-electron chi connectivity index (χ0n) is 11.1. The van der Waals surface area contributed by atoms with Gasteiger partial charge < -0.3 is 9.80 Å². The van der Waals surface area contributed by atoms with Crippen LogP contribution in [-0.4, -0.2) is 48.3 Å². The van der Waals surface area contributed by atoms with Crippen LogP contribution in [0.4, 0.5) is 0 Å². The Balaban J connectivity index is 2.31. The molecule has 1 rings (SSSR count). The number of likely N-dealkylation sites (tertiary alicyclic amines) is 1. The van der Waals surface area contributed by atoms with Gasteiger partial charge in [0.25, 0.3) is 0 Å². The van der Waals surface area contributed by atoms with Gasteiger partial charge in [0, 0.05) is 26.7 Å². The van der Waals surface area contributed by atoms with Crippen molar-refractivity contribution in [3.05, 3.63) is 0 Å². The average molecular weight is 240 g/mol. The largest absolute Gasteiger partial charge is 0.345 e. The topological polar surface area (TPSA) is 40.6 Å². The van der Waals surface area contributed by atoms with Crippen molar-refractivity contribution in [2.24, 2.45) is 0 Å². The molecule has 0 unspecified atom stereocenters. The number of hydrogen-bond acceptors (Lipinski definition) is 2. The first kappa shape index (κ1) is 14.0. The SMILES string of the molecule is CCCCN(C)C(=O)CC(=O)N1CCCCC1. The highest BCUT2D eigenvalue weighted by Crippen LogP contribution is 2.10. The number of carbonyl (C=O) groups excluding carboxylic acids is 2. The molecule has 17 heavy (non-hydrogen) atoms. The van der Waals surface area contributed by atoms with Crippen molar-refractivity contribution >= 4 is 11.8 Å². The number of amides is 2. The van der Waals surface area contributed by atoms with Crippen molar-refractivity contribution in [1.29, 1.82) is 0 Å². The first-order chi connectivity index (χ1) is 8.15. The van der Waals surface area contributed by atoms with Crippen molar-refractivity contribution in [2.75, 3.05) is 26.7 Å². The molecule has 0 atom stereocenters. The van der Waals surface area contributed by atoms with Crippen LogP contribution >= 0.6 is 0 Å². The molecule has 0 spiro atoms. The fourth-order valence-electron chi connectivity index (χ4n) is 2.04. The fraction of sp³-hybridized carbons (Fsp3) is 0.846. The van der Waals surface area contributed by atoms with Crippen LogP contribution in [0.5, 0.6) is 0 Å². The second-order valence-electron chi connectivity index (χ2n) is 4.79. The summed E-state index contributed by atoms with van der Waals surface area (Å²) < 4.78 is 0. The van der Waals surface area contributed by atoms with Crippen LogP contribution in [0.25, 0.3) is 0 Å². The van der Waals surface area contributed by atoms with Crippen LogP contribution in [0, 0.1) is 0 Å². The quantitative estimate of drug-likeness (QED) is 0.686. The fourth-order valence-corrected chi connectivity index (χ4v) is 2.04. The van der Waals surface area contributed by atoms with E-state index < -0.39 is 0 Å². The van der Waals surface area contributed by atoms with Crippen LogP contribution in [-0.2, 0) is 9.59 Å². The molecule has 0 N–H and O–H groups in total. The van der Waals surface area contributed by atoms with Gasteiger partial charge in [0.15, 0.2) is 0 Å². The minimum absolute atomic E-state index is 0.00181. The smallest absolute Gasteiger partial charge is 0.232 e. The Hall–Kier alpha value is -1.06. The van der Waals surface area contributed by atoms with Gasteiger partial charge in [0.05, 0.1) is 0 Å². The summed E-state index contributed by atoms with van der Waals surface area (Å²) in [5.41, 5.74) is 0. The van der Waals surface area contributed by atoms with Gasteiger partial charge in [-0.3, -0.25) is 9.59 Å². The Morgan fingerprint density at radius 1 is 1.18 bits per heavy atom. The number of unbranched alkanes of at least 4 members (excludes halogenated alkanes) is 1. The van der Waals surface area contributed by atoms with Crippen molar-refractivity contribution in [1.82, 2.24) is 9.80 Å². The van der Waals surface area contributed by atoms with Crippen LogP contribution in [0.3, 0.4) is 0 Å². The average Bonchev–Trinajstić information content (AvgIpc) is 2.36. The standard InChI is InChI=1S/C13H24N2O2/c1-3-4-8-14(2)12(16)11-13(17)15-9-6-5-7-10-15/h3-11H2,1-2H3. The van der Waals surface area contributed by atoms with E-state index in [0.29, 0.717) is 0 Å². The Kier molecular flexibility index (Phi) is 6.01. The third kappa shape index (κ3) is 4.75. The van der Waals surface area contributed by atoms with Crippen LogP contribution < -0.4 is 0 Å². The minimum atomic E-state index is -0.0472. The number of piperidine rings is 1. The Morgan fingerprint density at radius 3 is 2.41 bits per heavy atom. The summed E-state index contributed by atoms with van der Waals surface area (Å²) in [5.74, 6) is -0.0490. The first-order valence-corrected chi connectivity index (χ1v) is 6.67. The number of nitrogens with zero attached hydrogens (tertiary/aromatic N) is 2. The summed E-state index contributed by atoms with van der Waals surface area (Å²) in [6, 6.07) is 0. The van der Waals surface area contributed by atoms with Gasteiger partial charge in [0.1, 0.15) is 6.42 Å². The Morgan fingerprint density at radius 2 is 1.82 bits per heavy atom. The molecule has 1 aliphatic rings. The highest BCUT2D eigenvalue weighted by atomic mass is 16.2. The van der Waals surface area contributed by atoms with Gasteiger partial charge in [0.2, 0.25) is 11.8 Å². The molecule has 0 saturated carbocycles. The summed E-state index contributed by atoms with van der Waals surface area (Å²) in [6.45, 7) is 4.50. The zero-order valence-corrected chi connectivity index (χ0v) is 11.1. The van der Waals surface area contributed by atoms with E-state index in [4.69, 9.17) is 0 Å². The molecule has 0 aliphatic carbocycles. The monoisotopic (exact) mass is 240 g/mol. The third-order valence-corrected chi connectivity index (χ3v) is 3.28. The summed E-state index contributed by atoms with van der Waals surface area (Å²) in [7, 11) is 1.78. The van der Waals surface area contributed by atoms with E-state index in [1.54, 1.807) is 11.9 Å². The third-order valence-electron chi connectivity index (χ3n) is 3.28. The molecule has 1 saturated heterocycles. The second-order valence-corrected chi connectivity index (χ2v) is 4.79. The zero-order chi connectivity index (χ0) is 12.7. The van der Waals surface area contributed by atoms with Crippen LogP contribution in [0.2, 0.25) is 0 Å². The second kappa shape index (κ2) is 7.30. The molecule has 0 aromatic heterocycles. The molecular formula is C13H24N2O2. The predicted octanol–water partition coefficient (Wildman–Crippen LogP) is 1.65. The molecule has 0 aromatic rings. The lowest BCUT2D eigenvalue weighted by Gasteiger charge is -2.27. The molecule has 4 nitrogen and oxygen atoms in total. The molecule has 0 radical (unpaired) electrons. The van der Waals surface area contributed by atoms with Gasteiger partial charge in [-0.2, -0.15) is 0 Å². The minimum Gasteiger partial charge on any atom is -0.345 e. The van der Waals surface area contributed by atoms with E-state index in [1.807, 2.05) is 4.90 Å². The van der Waals surface area contributed by atoms with E-state index in [2.05, 4.69) is 6.92 Å². The van der Waals surface area contributed by atoms with E-state index in [1.165, 1.54) is 6.42 Å². The highest BCUT2D eigenvalue weighted by molar-refractivity contribution is 5.96. The van der Waals surface area contributed by atoms with Crippen molar-refractivity contribution in [3.63, 3.8) is 0 Å². The lowest BCUT2D eigenvalue weighted by atomic mass is 10.1. The lowest BCUT2D eigenvalue weighted by molar-refractivity contribution is -0.140. The molecule has 0 aromatic carbocycles. The maximum atomic E-state index is 11.9. The molecule has 1 heterocycles. The molecule has 4 heteroatoms. The van der Waals surface area contributed by atoms with Crippen LogP contribution in [0.1, 0.15) is 45.4 Å². The van der Waals surface area contributed by atoms with Gasteiger partial charge in [-0.25, -0.2) is 0 Å². The Bertz CT molecular complexity index is 260. The Labute approximate surface area is 104 Å². The normalized spacial score (nSPS) is 15.8. The summed E-state index contributed by atoms with van der Waals surface area (Å²) in [4.78, 5) is 27.1.